The number of rotatable bonds is 8. The van der Waals surface area contributed by atoms with Gasteiger partial charge in [0, 0.05) is 16.7 Å². The van der Waals surface area contributed by atoms with Crippen LogP contribution in [0.25, 0.3) is 0 Å². The Morgan fingerprint density at radius 3 is 1.59 bits per heavy atom. The molecule has 4 aromatic carbocycles. The lowest BCUT2D eigenvalue weighted by molar-refractivity contribution is -0.176. The van der Waals surface area contributed by atoms with Crippen LogP contribution in [-0.2, 0) is 24.1 Å². The van der Waals surface area contributed by atoms with Gasteiger partial charge in [-0.2, -0.15) is 0 Å². The second-order valence-electron chi connectivity index (χ2n) is 8.18. The molecule has 10 nitrogen and oxygen atoms in total. The molecule has 3 N–H and O–H groups in total. The SMILES string of the molecule is CC(=O)O.CCOC(=O)c1ccccc1S(=O)(=O)c1ccccc1.CCOC(=O)c1ccccc1Sc1ccccc1.OO. The van der Waals surface area contributed by atoms with Crippen LogP contribution >= 0.6 is 11.8 Å². The highest BCUT2D eigenvalue weighted by atomic mass is 32.2. The van der Waals surface area contributed by atoms with E-state index in [9.17, 15) is 18.0 Å². The molecule has 12 heteroatoms. The molecule has 0 aliphatic carbocycles. The number of hydrogen-bond acceptors (Lipinski definition) is 10. The van der Waals surface area contributed by atoms with Crippen LogP contribution in [-0.4, -0.2) is 55.2 Å². The van der Waals surface area contributed by atoms with Crippen molar-refractivity contribution in [1.82, 2.24) is 0 Å². The Balaban J connectivity index is 0.000000375. The van der Waals surface area contributed by atoms with Crippen molar-refractivity contribution < 1.29 is 47.9 Å². The number of hydrogen-bond donors (Lipinski definition) is 3. The van der Waals surface area contributed by atoms with Gasteiger partial charge in [-0.25, -0.2) is 18.0 Å². The smallest absolute Gasteiger partial charge is 0.339 e. The zero-order valence-electron chi connectivity index (χ0n) is 24.3. The highest BCUT2D eigenvalue weighted by Gasteiger charge is 2.24. The summed E-state index contributed by atoms with van der Waals surface area (Å²) in [5, 5.41) is 19.4. The van der Waals surface area contributed by atoms with Crippen molar-refractivity contribution in [2.45, 2.75) is 40.4 Å². The number of carboxylic acid groups (broad SMARTS) is 1. The molecule has 0 aliphatic rings. The standard InChI is InChI=1S/C15H14O4S.C15H14O2S.C2H4O2.H2O2/c1-2-19-15(16)13-10-6-7-11-14(13)20(17,18)12-8-4-3-5-9-12;1-2-17-15(16)13-10-6-7-11-14(13)18-12-8-4-3-5-9-12;1-2(3)4;1-2/h3-11H,2H2,1H3;3-11H,2H2,1H3;1H3,(H,3,4);1-2H. The van der Waals surface area contributed by atoms with Crippen LogP contribution in [0.2, 0.25) is 0 Å². The summed E-state index contributed by atoms with van der Waals surface area (Å²) in [5.41, 5.74) is 0.673. The highest BCUT2D eigenvalue weighted by molar-refractivity contribution is 7.99. The molecule has 0 spiro atoms. The Labute approximate surface area is 260 Å². The van der Waals surface area contributed by atoms with Crippen molar-refractivity contribution in [1.29, 1.82) is 0 Å². The number of carbonyl (C=O) groups is 3. The maximum absolute atomic E-state index is 12.6. The van der Waals surface area contributed by atoms with Crippen LogP contribution in [0.15, 0.2) is 129 Å². The Hall–Kier alpha value is -4.49. The second-order valence-corrected chi connectivity index (χ2v) is 11.2. The molecule has 0 fully saturated rings. The maximum atomic E-state index is 12.6. The van der Waals surface area contributed by atoms with Gasteiger partial charge in [0.15, 0.2) is 0 Å². The molecule has 0 radical (unpaired) electrons. The second kappa shape index (κ2) is 20.4. The molecule has 0 aliphatic heterocycles. The number of ether oxygens (including phenoxy) is 2. The van der Waals surface area contributed by atoms with Crippen molar-refractivity contribution in [2.75, 3.05) is 13.2 Å². The molecular weight excluding hydrogens is 608 g/mol. The van der Waals surface area contributed by atoms with Gasteiger partial charge >= 0.3 is 11.9 Å². The van der Waals surface area contributed by atoms with Crippen LogP contribution in [0.4, 0.5) is 0 Å². The fourth-order valence-corrected chi connectivity index (χ4v) is 5.78. The molecule has 4 aromatic rings. The summed E-state index contributed by atoms with van der Waals surface area (Å²) in [6, 6.07) is 31.5. The van der Waals surface area contributed by atoms with Gasteiger partial charge in [0.2, 0.25) is 9.84 Å². The lowest BCUT2D eigenvalue weighted by Crippen LogP contribution is -2.12. The molecular formula is C32H34O10S2. The van der Waals surface area contributed by atoms with Gasteiger partial charge in [0.1, 0.15) is 0 Å². The molecule has 0 saturated heterocycles. The van der Waals surface area contributed by atoms with Crippen molar-refractivity contribution in [3.05, 3.63) is 120 Å². The lowest BCUT2D eigenvalue weighted by Gasteiger charge is -2.09. The molecule has 0 amide bonds. The van der Waals surface area contributed by atoms with E-state index in [0.717, 1.165) is 16.7 Å². The average molecular weight is 643 g/mol. The third-order valence-corrected chi connectivity index (χ3v) is 7.99. The summed E-state index contributed by atoms with van der Waals surface area (Å²) in [7, 11) is -3.73. The maximum Gasteiger partial charge on any atom is 0.339 e. The first-order valence-corrected chi connectivity index (χ1v) is 15.4. The van der Waals surface area contributed by atoms with E-state index < -0.39 is 21.8 Å². The van der Waals surface area contributed by atoms with E-state index in [4.69, 9.17) is 29.9 Å². The molecule has 4 rings (SSSR count). The van der Waals surface area contributed by atoms with Crippen molar-refractivity contribution in [2.24, 2.45) is 0 Å². The first kappa shape index (κ1) is 37.5. The molecule has 44 heavy (non-hydrogen) atoms. The highest BCUT2D eigenvalue weighted by Crippen LogP contribution is 2.30. The quantitative estimate of drug-likeness (QED) is 0.105. The zero-order chi connectivity index (χ0) is 33.0. The summed E-state index contributed by atoms with van der Waals surface area (Å²) < 4.78 is 35.1. The molecule has 0 atom stereocenters. The van der Waals surface area contributed by atoms with Gasteiger partial charge < -0.3 is 14.6 Å². The number of esters is 2. The molecule has 0 unspecified atom stereocenters. The van der Waals surface area contributed by atoms with E-state index in [2.05, 4.69) is 0 Å². The molecule has 0 saturated carbocycles. The van der Waals surface area contributed by atoms with Gasteiger partial charge in [0.05, 0.1) is 34.1 Å². The van der Waals surface area contributed by atoms with Crippen LogP contribution in [0.3, 0.4) is 0 Å². The van der Waals surface area contributed by atoms with Crippen LogP contribution in [0.5, 0.6) is 0 Å². The van der Waals surface area contributed by atoms with Crippen molar-refractivity contribution in [3.8, 4) is 0 Å². The molecule has 0 bridgehead atoms. The Kier molecular flexibility index (Phi) is 17.4. The van der Waals surface area contributed by atoms with Gasteiger partial charge in [-0.1, -0.05) is 72.4 Å². The fourth-order valence-electron chi connectivity index (χ4n) is 3.35. The Morgan fingerprint density at radius 1 is 0.659 bits per heavy atom. The van der Waals surface area contributed by atoms with Gasteiger partial charge in [-0.05, 0) is 62.4 Å². The number of benzene rings is 4. The average Bonchev–Trinajstić information content (AvgIpc) is 3.03. The van der Waals surface area contributed by atoms with E-state index in [0.29, 0.717) is 12.2 Å². The lowest BCUT2D eigenvalue weighted by atomic mass is 10.2. The third-order valence-electron chi connectivity index (χ3n) is 5.08. The van der Waals surface area contributed by atoms with Crippen molar-refractivity contribution >= 4 is 39.5 Å². The topological polar surface area (TPSA) is 164 Å². The normalized spacial score (nSPS) is 9.84. The van der Waals surface area contributed by atoms with Crippen LogP contribution in [0.1, 0.15) is 41.5 Å². The van der Waals surface area contributed by atoms with Crippen LogP contribution < -0.4 is 0 Å². The monoisotopic (exact) mass is 642 g/mol. The summed E-state index contributed by atoms with van der Waals surface area (Å²) in [6.45, 7) is 5.15. The van der Waals surface area contributed by atoms with E-state index >= 15 is 0 Å². The van der Waals surface area contributed by atoms with E-state index in [-0.39, 0.29) is 27.9 Å². The Morgan fingerprint density at radius 2 is 1.07 bits per heavy atom. The molecule has 234 valence electrons. The van der Waals surface area contributed by atoms with Gasteiger partial charge in [0.25, 0.3) is 5.97 Å². The number of aliphatic carboxylic acids is 1. The largest absolute Gasteiger partial charge is 0.481 e. The van der Waals surface area contributed by atoms with Gasteiger partial charge in [-0.15, -0.1) is 0 Å². The first-order chi connectivity index (χ1) is 21.1. The van der Waals surface area contributed by atoms with Crippen molar-refractivity contribution in [3.63, 3.8) is 0 Å². The minimum absolute atomic E-state index is 0.0374. The molecule has 0 aromatic heterocycles. The minimum Gasteiger partial charge on any atom is -0.481 e. The van der Waals surface area contributed by atoms with E-state index in [1.54, 1.807) is 55.1 Å². The predicted octanol–water partition coefficient (Wildman–Crippen LogP) is 6.82. The minimum atomic E-state index is -3.73. The summed E-state index contributed by atoms with van der Waals surface area (Å²) in [6.07, 6.45) is 0. The van der Waals surface area contributed by atoms with E-state index in [1.807, 2.05) is 55.5 Å². The number of carboxylic acids is 1. The first-order valence-electron chi connectivity index (χ1n) is 13.1. The number of carbonyl (C=O) groups excluding carboxylic acids is 2. The third kappa shape index (κ3) is 12.4. The summed E-state index contributed by atoms with van der Waals surface area (Å²) in [4.78, 5) is 34.8. The van der Waals surface area contributed by atoms with Gasteiger partial charge in [-0.3, -0.25) is 15.3 Å². The fraction of sp³-hybridized carbons (Fsp3) is 0.156. The summed E-state index contributed by atoms with van der Waals surface area (Å²) in [5.74, 6) is -1.74. The summed E-state index contributed by atoms with van der Waals surface area (Å²) >= 11 is 1.57. The van der Waals surface area contributed by atoms with E-state index in [1.165, 1.54) is 24.3 Å². The Bertz CT molecular complexity index is 1550. The predicted molar refractivity (Wildman–Crippen MR) is 166 cm³/mol. The van der Waals surface area contributed by atoms with Crippen LogP contribution in [0, 0.1) is 0 Å². The zero-order valence-corrected chi connectivity index (χ0v) is 26.0. The molecule has 0 heterocycles. The number of sulfone groups is 1.